The third-order valence-electron chi connectivity index (χ3n) is 8.50. The fraction of sp³-hybridized carbons (Fsp3) is 0.417. The lowest BCUT2D eigenvalue weighted by atomic mass is 9.95. The van der Waals surface area contributed by atoms with Crippen molar-refractivity contribution < 1.29 is 23.9 Å². The molecule has 3 aromatic carbocycles. The molecule has 2 fully saturated rings. The van der Waals surface area contributed by atoms with Crippen LogP contribution >= 0.6 is 0 Å². The van der Waals surface area contributed by atoms with E-state index in [1.807, 2.05) is 72.8 Å². The number of carbonyl (C=O) groups is 4. The Labute approximate surface area is 269 Å². The molecule has 10 nitrogen and oxygen atoms in total. The van der Waals surface area contributed by atoms with Crippen LogP contribution in [-0.4, -0.2) is 64.8 Å². The molecule has 4 amide bonds. The van der Waals surface area contributed by atoms with Gasteiger partial charge >= 0.3 is 6.09 Å². The molecule has 4 atom stereocenters. The van der Waals surface area contributed by atoms with Gasteiger partial charge in [-0.3, -0.25) is 14.4 Å². The minimum atomic E-state index is -1.27. The zero-order valence-electron chi connectivity index (χ0n) is 26.9. The molecule has 3 unspecified atom stereocenters. The number of rotatable bonds is 8. The van der Waals surface area contributed by atoms with Gasteiger partial charge < -0.3 is 26.0 Å². The zero-order chi connectivity index (χ0) is 33.1. The van der Waals surface area contributed by atoms with E-state index in [4.69, 9.17) is 10.5 Å². The van der Waals surface area contributed by atoms with Crippen molar-refractivity contribution in [2.75, 3.05) is 13.1 Å². The predicted molar refractivity (Wildman–Crippen MR) is 177 cm³/mol. The summed E-state index contributed by atoms with van der Waals surface area (Å²) in [7, 11) is 0. The lowest BCUT2D eigenvalue weighted by molar-refractivity contribution is -0.133. The molecule has 46 heavy (non-hydrogen) atoms. The van der Waals surface area contributed by atoms with Crippen LogP contribution in [0.15, 0.2) is 77.8 Å². The van der Waals surface area contributed by atoms with Crippen molar-refractivity contribution in [3.8, 4) is 0 Å². The Bertz CT molecular complexity index is 1650. The molecule has 3 aromatic rings. The van der Waals surface area contributed by atoms with Crippen molar-refractivity contribution in [3.05, 3.63) is 83.9 Å². The molecule has 0 aromatic heterocycles. The molecule has 1 saturated carbocycles. The molecular weight excluding hydrogens is 582 g/mol. The number of aliphatic imine (C=N–C) groups is 1. The smallest absolute Gasteiger partial charge is 0.410 e. The van der Waals surface area contributed by atoms with Crippen molar-refractivity contribution in [1.82, 2.24) is 15.5 Å². The van der Waals surface area contributed by atoms with Gasteiger partial charge in [-0.1, -0.05) is 72.8 Å². The Morgan fingerprint density at radius 2 is 1.72 bits per heavy atom. The number of hydrogen-bond donors (Lipinski definition) is 3. The fourth-order valence-electron chi connectivity index (χ4n) is 6.13. The van der Waals surface area contributed by atoms with Crippen molar-refractivity contribution >= 4 is 40.4 Å². The summed E-state index contributed by atoms with van der Waals surface area (Å²) in [5.41, 5.74) is 5.60. The molecule has 4 N–H and O–H groups in total. The van der Waals surface area contributed by atoms with E-state index < -0.39 is 41.0 Å². The number of nitrogens with zero attached hydrogens (tertiary/aromatic N) is 2. The summed E-state index contributed by atoms with van der Waals surface area (Å²) in [6.07, 6.45) is 1.30. The molecule has 0 radical (unpaired) electrons. The lowest BCUT2D eigenvalue weighted by Gasteiger charge is -2.34. The summed E-state index contributed by atoms with van der Waals surface area (Å²) in [5, 5.41) is 8.03. The van der Waals surface area contributed by atoms with Gasteiger partial charge in [0.15, 0.2) is 0 Å². The number of amidine groups is 1. The monoisotopic (exact) mass is 625 g/mol. The predicted octanol–water partition coefficient (Wildman–Crippen LogP) is 4.46. The number of carbonyl (C=O) groups excluding carboxylic acids is 4. The second-order valence-corrected chi connectivity index (χ2v) is 13.4. The minimum Gasteiger partial charge on any atom is -0.444 e. The first-order chi connectivity index (χ1) is 21.8. The summed E-state index contributed by atoms with van der Waals surface area (Å²) in [5.74, 6) is -2.05. The summed E-state index contributed by atoms with van der Waals surface area (Å²) >= 11 is 0. The van der Waals surface area contributed by atoms with Crippen LogP contribution in [-0.2, 0) is 25.5 Å². The molecule has 1 heterocycles. The van der Waals surface area contributed by atoms with Crippen molar-refractivity contribution in [2.24, 2.45) is 16.6 Å². The average Bonchev–Trinajstić information content (AvgIpc) is 3.75. The van der Waals surface area contributed by atoms with Gasteiger partial charge in [-0.25, -0.2) is 4.79 Å². The van der Waals surface area contributed by atoms with Gasteiger partial charge in [-0.05, 0) is 68.9 Å². The number of nitrogens with one attached hydrogen (secondary N) is 2. The van der Waals surface area contributed by atoms with Crippen molar-refractivity contribution in [1.29, 1.82) is 0 Å². The van der Waals surface area contributed by atoms with E-state index >= 15 is 0 Å². The minimum absolute atomic E-state index is 0.102. The highest BCUT2D eigenvalue weighted by Crippen LogP contribution is 2.52. The van der Waals surface area contributed by atoms with Gasteiger partial charge in [0.2, 0.25) is 11.8 Å². The molecule has 1 aliphatic carbocycles. The van der Waals surface area contributed by atoms with Gasteiger partial charge in [-0.15, -0.1) is 0 Å². The number of likely N-dealkylation sites (tertiary alicyclic amines) is 1. The van der Waals surface area contributed by atoms with Gasteiger partial charge in [-0.2, -0.15) is 4.99 Å². The number of fused-ring (bicyclic) bond motifs is 1. The molecular formula is C36H43N5O5. The molecule has 1 saturated heterocycles. The first kappa shape index (κ1) is 32.7. The van der Waals surface area contributed by atoms with Crippen LogP contribution < -0.4 is 16.4 Å². The van der Waals surface area contributed by atoms with E-state index in [0.717, 1.165) is 21.9 Å². The maximum atomic E-state index is 14.1. The van der Waals surface area contributed by atoms with E-state index in [1.165, 1.54) is 6.92 Å². The first-order valence-corrected chi connectivity index (χ1v) is 15.8. The van der Waals surface area contributed by atoms with Crippen LogP contribution in [0.5, 0.6) is 0 Å². The molecule has 0 bridgehead atoms. The number of piperidine rings is 1. The van der Waals surface area contributed by atoms with Gasteiger partial charge in [0.1, 0.15) is 17.2 Å². The second-order valence-electron chi connectivity index (χ2n) is 13.4. The first-order valence-electron chi connectivity index (χ1n) is 15.8. The second kappa shape index (κ2) is 13.3. The molecule has 2 aliphatic rings. The lowest BCUT2D eigenvalue weighted by Crippen LogP contribution is -2.56. The number of amides is 4. The normalized spacial score (nSPS) is 22.1. The van der Waals surface area contributed by atoms with Gasteiger partial charge in [0.25, 0.3) is 5.91 Å². The van der Waals surface area contributed by atoms with Crippen LogP contribution in [0.2, 0.25) is 0 Å². The standard InChI is InChI=1S/C36H43N5O5/c1-23(37)38-33(44)36(21-29(36)26-12-6-5-7-13-26)40-32(43)30(20-24-16-17-25-11-8-9-14-27(25)19-24)39-31(42)28-15-10-18-41(22-28)34(45)46-35(2,3)4/h5-9,11-14,16-17,19,28-30H,10,15,18,20-22H2,1-4H3,(H,39,42)(H,40,43)(H2,37,38,44)/t28-,29?,30?,36?/m1/s1. The third-order valence-corrected chi connectivity index (χ3v) is 8.50. The molecule has 242 valence electrons. The quantitative estimate of drug-likeness (QED) is 0.249. The largest absolute Gasteiger partial charge is 0.444 e. The Morgan fingerprint density at radius 1 is 1.02 bits per heavy atom. The van der Waals surface area contributed by atoms with Crippen LogP contribution in [0.25, 0.3) is 10.8 Å². The zero-order valence-corrected chi connectivity index (χ0v) is 26.9. The molecule has 5 rings (SSSR count). The summed E-state index contributed by atoms with van der Waals surface area (Å²) in [4.78, 5) is 59.6. The molecule has 0 spiro atoms. The Morgan fingerprint density at radius 3 is 2.41 bits per heavy atom. The number of benzene rings is 3. The van der Waals surface area contributed by atoms with Crippen LogP contribution in [0.3, 0.4) is 0 Å². The number of hydrogen-bond acceptors (Lipinski definition) is 5. The SMILES string of the molecule is CC(N)=NC(=O)C1(NC(=O)C(Cc2ccc3ccccc3c2)NC(=O)[C@@H]2CCCN(C(=O)OC(C)(C)C)C2)CC1c1ccccc1. The number of nitrogens with two attached hydrogens (primary N) is 1. The van der Waals surface area contributed by atoms with Crippen LogP contribution in [0.4, 0.5) is 4.79 Å². The van der Waals surface area contributed by atoms with E-state index in [0.29, 0.717) is 25.8 Å². The van der Waals surface area contributed by atoms with Crippen molar-refractivity contribution in [3.63, 3.8) is 0 Å². The fourth-order valence-corrected chi connectivity index (χ4v) is 6.13. The average molecular weight is 626 g/mol. The van der Waals surface area contributed by atoms with E-state index in [1.54, 1.807) is 25.7 Å². The molecule has 10 heteroatoms. The Balaban J connectivity index is 1.39. The highest BCUT2D eigenvalue weighted by molar-refractivity contribution is 6.03. The van der Waals surface area contributed by atoms with Gasteiger partial charge in [0.05, 0.1) is 11.8 Å². The molecule has 1 aliphatic heterocycles. The highest BCUT2D eigenvalue weighted by Gasteiger charge is 2.62. The van der Waals surface area contributed by atoms with Crippen LogP contribution in [0, 0.1) is 5.92 Å². The van der Waals surface area contributed by atoms with E-state index in [-0.39, 0.29) is 30.6 Å². The van der Waals surface area contributed by atoms with E-state index in [2.05, 4.69) is 15.6 Å². The van der Waals surface area contributed by atoms with Crippen molar-refractivity contribution in [2.45, 2.75) is 76.5 Å². The van der Waals surface area contributed by atoms with E-state index in [9.17, 15) is 19.2 Å². The topological polar surface area (TPSA) is 143 Å². The maximum absolute atomic E-state index is 14.1. The summed E-state index contributed by atoms with van der Waals surface area (Å²) < 4.78 is 5.54. The summed E-state index contributed by atoms with van der Waals surface area (Å²) in [6.45, 7) is 7.61. The third kappa shape index (κ3) is 7.73. The highest BCUT2D eigenvalue weighted by atomic mass is 16.6. The van der Waals surface area contributed by atoms with Crippen LogP contribution in [0.1, 0.15) is 64.0 Å². The Hall–Kier alpha value is -4.73. The maximum Gasteiger partial charge on any atom is 0.410 e. The number of ether oxygens (including phenoxy) is 1. The van der Waals surface area contributed by atoms with Gasteiger partial charge in [0, 0.05) is 25.4 Å². The summed E-state index contributed by atoms with van der Waals surface area (Å²) in [6, 6.07) is 22.3. The Kier molecular flexibility index (Phi) is 9.46.